The Morgan fingerprint density at radius 1 is 1.21 bits per heavy atom. The Bertz CT molecular complexity index is 638. The molecular weight excluding hydrogens is 262 g/mol. The van der Waals surface area contributed by atoms with Crippen LogP contribution in [0.1, 0.15) is 5.01 Å². The maximum Gasteiger partial charge on any atom is 0.192 e. The standard InChI is InChI=1S/C14H11NO3S/c1-17-18-14(8-6-10(16)7-9-14)13-15-11-4-2-3-5-12(11)19-13/h2-9H,1H3. The van der Waals surface area contributed by atoms with Gasteiger partial charge < -0.3 is 0 Å². The van der Waals surface area contributed by atoms with Gasteiger partial charge in [0.25, 0.3) is 0 Å². The molecule has 5 heteroatoms. The molecule has 0 amide bonds. The molecule has 1 aliphatic carbocycles. The summed E-state index contributed by atoms with van der Waals surface area (Å²) in [5, 5.41) is 0.732. The van der Waals surface area contributed by atoms with Gasteiger partial charge in [0.2, 0.25) is 0 Å². The van der Waals surface area contributed by atoms with Gasteiger partial charge in [-0.3, -0.25) is 4.79 Å². The van der Waals surface area contributed by atoms with Crippen molar-refractivity contribution in [3.63, 3.8) is 0 Å². The van der Waals surface area contributed by atoms with E-state index in [0.717, 1.165) is 15.2 Å². The Morgan fingerprint density at radius 3 is 2.63 bits per heavy atom. The van der Waals surface area contributed by atoms with Gasteiger partial charge in [-0.2, -0.15) is 0 Å². The second kappa shape index (κ2) is 4.70. The predicted molar refractivity (Wildman–Crippen MR) is 72.7 cm³/mol. The van der Waals surface area contributed by atoms with Crippen molar-refractivity contribution in [1.29, 1.82) is 0 Å². The van der Waals surface area contributed by atoms with E-state index in [1.54, 1.807) is 12.2 Å². The quantitative estimate of drug-likeness (QED) is 0.637. The fourth-order valence-corrected chi connectivity index (χ4v) is 2.98. The lowest BCUT2D eigenvalue weighted by molar-refractivity contribution is -0.322. The summed E-state index contributed by atoms with van der Waals surface area (Å²) in [6.45, 7) is 0. The summed E-state index contributed by atoms with van der Waals surface area (Å²) in [6, 6.07) is 7.84. The minimum absolute atomic E-state index is 0.0727. The van der Waals surface area contributed by atoms with E-state index in [1.807, 2.05) is 24.3 Å². The molecule has 0 bridgehead atoms. The second-order valence-electron chi connectivity index (χ2n) is 4.10. The summed E-state index contributed by atoms with van der Waals surface area (Å²) in [6.07, 6.45) is 6.25. The van der Waals surface area contributed by atoms with Crippen molar-refractivity contribution in [2.24, 2.45) is 0 Å². The third kappa shape index (κ3) is 2.12. The number of nitrogens with zero attached hydrogens (tertiary/aromatic N) is 1. The van der Waals surface area contributed by atoms with Gasteiger partial charge in [-0.15, -0.1) is 11.3 Å². The van der Waals surface area contributed by atoms with Crippen LogP contribution in [0.25, 0.3) is 10.2 Å². The van der Waals surface area contributed by atoms with Gasteiger partial charge in [0.15, 0.2) is 11.4 Å². The van der Waals surface area contributed by atoms with Crippen LogP contribution in [0.5, 0.6) is 0 Å². The minimum atomic E-state index is -0.924. The van der Waals surface area contributed by atoms with Gasteiger partial charge in [0, 0.05) is 0 Å². The van der Waals surface area contributed by atoms with Gasteiger partial charge >= 0.3 is 0 Å². The fraction of sp³-hybridized carbons (Fsp3) is 0.143. The van der Waals surface area contributed by atoms with Crippen LogP contribution in [-0.2, 0) is 20.2 Å². The highest BCUT2D eigenvalue weighted by Crippen LogP contribution is 2.36. The third-order valence-electron chi connectivity index (χ3n) is 2.84. The second-order valence-corrected chi connectivity index (χ2v) is 5.13. The summed E-state index contributed by atoms with van der Waals surface area (Å²) in [7, 11) is 1.44. The van der Waals surface area contributed by atoms with Crippen molar-refractivity contribution in [2.45, 2.75) is 5.60 Å². The van der Waals surface area contributed by atoms with Gasteiger partial charge in [0.05, 0.1) is 17.3 Å². The van der Waals surface area contributed by atoms with Crippen LogP contribution in [0.15, 0.2) is 48.6 Å². The van der Waals surface area contributed by atoms with Crippen molar-refractivity contribution in [3.8, 4) is 0 Å². The molecule has 0 atom stereocenters. The highest BCUT2D eigenvalue weighted by molar-refractivity contribution is 7.18. The summed E-state index contributed by atoms with van der Waals surface area (Å²) in [5.74, 6) is -0.0727. The van der Waals surface area contributed by atoms with E-state index in [9.17, 15) is 4.79 Å². The Morgan fingerprint density at radius 2 is 1.95 bits per heavy atom. The van der Waals surface area contributed by atoms with Crippen LogP contribution >= 0.6 is 11.3 Å². The Hall–Kier alpha value is -1.82. The molecule has 19 heavy (non-hydrogen) atoms. The number of aromatic nitrogens is 1. The van der Waals surface area contributed by atoms with E-state index in [2.05, 4.69) is 4.98 Å². The number of thiazole rings is 1. The molecule has 1 aliphatic rings. The smallest absolute Gasteiger partial charge is 0.192 e. The Labute approximate surface area is 113 Å². The average Bonchev–Trinajstić information content (AvgIpc) is 2.86. The first-order valence-electron chi connectivity index (χ1n) is 5.74. The topological polar surface area (TPSA) is 48.4 Å². The molecule has 0 aliphatic heterocycles. The molecule has 0 N–H and O–H groups in total. The number of ketones is 1. The van der Waals surface area contributed by atoms with Crippen molar-refractivity contribution >= 4 is 27.3 Å². The van der Waals surface area contributed by atoms with Crippen LogP contribution in [0.3, 0.4) is 0 Å². The lowest BCUT2D eigenvalue weighted by atomic mass is 9.98. The number of rotatable bonds is 3. The fourth-order valence-electron chi connectivity index (χ4n) is 1.93. The van der Waals surface area contributed by atoms with E-state index in [-0.39, 0.29) is 5.78 Å². The number of fused-ring (bicyclic) bond motifs is 1. The zero-order chi connectivity index (χ0) is 13.3. The lowest BCUT2D eigenvalue weighted by Gasteiger charge is -2.24. The maximum atomic E-state index is 11.3. The molecule has 0 saturated carbocycles. The summed E-state index contributed by atoms with van der Waals surface area (Å²) >= 11 is 1.51. The van der Waals surface area contributed by atoms with Crippen molar-refractivity contribution < 1.29 is 14.6 Å². The van der Waals surface area contributed by atoms with E-state index in [4.69, 9.17) is 9.78 Å². The molecule has 4 nitrogen and oxygen atoms in total. The number of allylic oxidation sites excluding steroid dienone is 2. The molecule has 2 aromatic rings. The zero-order valence-corrected chi connectivity index (χ0v) is 11.0. The molecule has 0 radical (unpaired) electrons. The van der Waals surface area contributed by atoms with Gasteiger partial charge in [0.1, 0.15) is 5.01 Å². The average molecular weight is 273 g/mol. The number of benzene rings is 1. The van der Waals surface area contributed by atoms with Crippen LogP contribution in [0.4, 0.5) is 0 Å². The Kier molecular flexibility index (Phi) is 3.02. The van der Waals surface area contributed by atoms with Gasteiger partial charge in [-0.05, 0) is 36.4 Å². The van der Waals surface area contributed by atoms with Crippen LogP contribution in [0.2, 0.25) is 0 Å². The summed E-state index contributed by atoms with van der Waals surface area (Å²) in [4.78, 5) is 26.0. The minimum Gasteiger partial charge on any atom is -0.290 e. The molecule has 0 fully saturated rings. The predicted octanol–water partition coefficient (Wildman–Crippen LogP) is 2.76. The van der Waals surface area contributed by atoms with Crippen LogP contribution in [0, 0.1) is 0 Å². The first-order valence-corrected chi connectivity index (χ1v) is 6.55. The third-order valence-corrected chi connectivity index (χ3v) is 4.01. The normalized spacial score (nSPS) is 17.2. The van der Waals surface area contributed by atoms with Gasteiger partial charge in [-0.1, -0.05) is 12.1 Å². The maximum absolute atomic E-state index is 11.3. The number of carbonyl (C=O) groups is 1. The molecule has 96 valence electrons. The lowest BCUT2D eigenvalue weighted by Crippen LogP contribution is -2.27. The van der Waals surface area contributed by atoms with Gasteiger partial charge in [-0.25, -0.2) is 14.8 Å². The van der Waals surface area contributed by atoms with Crippen LogP contribution < -0.4 is 0 Å². The number of hydrogen-bond acceptors (Lipinski definition) is 5. The molecule has 1 aromatic carbocycles. The summed E-state index contributed by atoms with van der Waals surface area (Å²) < 4.78 is 1.07. The monoisotopic (exact) mass is 273 g/mol. The first kappa shape index (κ1) is 12.2. The van der Waals surface area contributed by atoms with Crippen LogP contribution in [-0.4, -0.2) is 17.9 Å². The van der Waals surface area contributed by atoms with Crippen molar-refractivity contribution in [2.75, 3.05) is 7.11 Å². The Balaban J connectivity index is 2.12. The number of hydrogen-bond donors (Lipinski definition) is 0. The highest BCUT2D eigenvalue weighted by Gasteiger charge is 2.35. The number of para-hydroxylation sites is 1. The molecule has 0 spiro atoms. The zero-order valence-electron chi connectivity index (χ0n) is 10.2. The van der Waals surface area contributed by atoms with E-state index >= 15 is 0 Å². The molecular formula is C14H11NO3S. The molecule has 1 aromatic heterocycles. The van der Waals surface area contributed by atoms with Crippen molar-refractivity contribution in [1.82, 2.24) is 4.98 Å². The molecule has 3 rings (SSSR count). The first-order chi connectivity index (χ1) is 9.23. The number of carbonyl (C=O) groups excluding carboxylic acids is 1. The SMILES string of the molecule is COOC1(c2nc3ccccc3s2)C=CC(=O)C=C1. The largest absolute Gasteiger partial charge is 0.290 e. The van der Waals surface area contributed by atoms with E-state index < -0.39 is 5.60 Å². The molecule has 1 heterocycles. The van der Waals surface area contributed by atoms with Crippen molar-refractivity contribution in [3.05, 3.63) is 53.6 Å². The van der Waals surface area contributed by atoms with E-state index in [0.29, 0.717) is 0 Å². The highest BCUT2D eigenvalue weighted by atomic mass is 32.1. The molecule has 0 saturated heterocycles. The molecule has 0 unspecified atom stereocenters. The summed E-state index contributed by atoms with van der Waals surface area (Å²) in [5.41, 5.74) is -0.0212. The van der Waals surface area contributed by atoms with E-state index in [1.165, 1.54) is 30.6 Å².